The number of hydrogen-bond acceptors (Lipinski definition) is 7. The minimum absolute atomic E-state index is 0.185. The minimum atomic E-state index is -0.250. The summed E-state index contributed by atoms with van der Waals surface area (Å²) in [6, 6.07) is 10.5. The minimum Gasteiger partial charge on any atom is -0.491 e. The molecular formula is C22H23N5O4. The number of nitrogens with two attached hydrogens (primary N) is 1. The fraction of sp³-hybridized carbons (Fsp3) is 0.318. The molecule has 6 rings (SSSR count). The normalized spacial score (nSPS) is 15.4. The molecule has 9 heteroatoms. The molecule has 0 aliphatic carbocycles. The molecule has 160 valence electrons. The molecule has 31 heavy (non-hydrogen) atoms. The van der Waals surface area contributed by atoms with Gasteiger partial charge in [-0.05, 0) is 43.5 Å². The highest BCUT2D eigenvalue weighted by Gasteiger charge is 2.23. The second-order valence-electron chi connectivity index (χ2n) is 7.63. The molecule has 0 unspecified atom stereocenters. The van der Waals surface area contributed by atoms with Crippen LogP contribution in [-0.4, -0.2) is 45.8 Å². The Balaban J connectivity index is 0.000000646. The van der Waals surface area contributed by atoms with E-state index in [-0.39, 0.29) is 12.5 Å². The van der Waals surface area contributed by atoms with Crippen molar-refractivity contribution in [2.45, 2.75) is 25.8 Å². The van der Waals surface area contributed by atoms with Gasteiger partial charge >= 0.3 is 0 Å². The maximum absolute atomic E-state index is 8.36. The summed E-state index contributed by atoms with van der Waals surface area (Å²) in [5.74, 6) is 1.87. The third-order valence-corrected chi connectivity index (χ3v) is 5.71. The lowest BCUT2D eigenvalue weighted by atomic mass is 10.2. The lowest BCUT2D eigenvalue weighted by Gasteiger charge is -2.18. The highest BCUT2D eigenvalue weighted by atomic mass is 16.5. The number of oxazole rings is 1. The van der Waals surface area contributed by atoms with E-state index in [1.807, 2.05) is 18.2 Å². The molecule has 4 heterocycles. The van der Waals surface area contributed by atoms with Gasteiger partial charge in [0.25, 0.3) is 12.5 Å². The Morgan fingerprint density at radius 2 is 1.84 bits per heavy atom. The summed E-state index contributed by atoms with van der Waals surface area (Å²) in [4.78, 5) is 20.1. The van der Waals surface area contributed by atoms with Crippen molar-refractivity contribution >= 4 is 40.3 Å². The first-order valence-electron chi connectivity index (χ1n) is 10.3. The number of nitrogen functional groups attached to an aromatic ring is 1. The van der Waals surface area contributed by atoms with Crippen LogP contribution >= 0.6 is 0 Å². The number of imidazole rings is 1. The number of aromatic nitrogens is 3. The highest BCUT2D eigenvalue weighted by Crippen LogP contribution is 2.38. The Hall–Kier alpha value is -3.75. The van der Waals surface area contributed by atoms with Crippen molar-refractivity contribution < 1.29 is 19.1 Å². The van der Waals surface area contributed by atoms with E-state index in [1.165, 1.54) is 18.5 Å². The van der Waals surface area contributed by atoms with Crippen LogP contribution in [0.5, 0.6) is 5.75 Å². The fourth-order valence-corrected chi connectivity index (χ4v) is 4.41. The second kappa shape index (κ2) is 7.82. The van der Waals surface area contributed by atoms with Crippen LogP contribution in [0.3, 0.4) is 0 Å². The van der Waals surface area contributed by atoms with Gasteiger partial charge in [-0.25, -0.2) is 4.98 Å². The monoisotopic (exact) mass is 421 g/mol. The molecule has 0 saturated carbocycles. The number of hydrogen-bond donors (Lipinski definition) is 2. The summed E-state index contributed by atoms with van der Waals surface area (Å²) in [5, 5.41) is 6.89. The quantitative estimate of drug-likeness (QED) is 0.472. The van der Waals surface area contributed by atoms with Gasteiger partial charge in [-0.3, -0.25) is 4.79 Å². The lowest BCUT2D eigenvalue weighted by Crippen LogP contribution is -2.17. The van der Waals surface area contributed by atoms with E-state index in [0.717, 1.165) is 66.3 Å². The molecule has 2 aromatic heterocycles. The summed E-state index contributed by atoms with van der Waals surface area (Å²) in [6.45, 7) is 3.55. The largest absolute Gasteiger partial charge is 0.491 e. The lowest BCUT2D eigenvalue weighted by molar-refractivity contribution is -0.122. The van der Waals surface area contributed by atoms with Crippen LogP contribution in [0, 0.1) is 0 Å². The molecule has 0 atom stereocenters. The van der Waals surface area contributed by atoms with Crippen molar-refractivity contribution in [2.24, 2.45) is 0 Å². The van der Waals surface area contributed by atoms with Crippen LogP contribution in [0.25, 0.3) is 33.5 Å². The Bertz CT molecular complexity index is 1260. The predicted molar refractivity (Wildman–Crippen MR) is 117 cm³/mol. The highest BCUT2D eigenvalue weighted by molar-refractivity contribution is 5.91. The van der Waals surface area contributed by atoms with Gasteiger partial charge in [0.05, 0.1) is 12.1 Å². The van der Waals surface area contributed by atoms with Gasteiger partial charge in [0.15, 0.2) is 5.58 Å². The maximum atomic E-state index is 8.36. The van der Waals surface area contributed by atoms with Crippen LogP contribution in [0.4, 0.5) is 11.7 Å². The van der Waals surface area contributed by atoms with Crippen molar-refractivity contribution in [1.29, 1.82) is 0 Å². The summed E-state index contributed by atoms with van der Waals surface area (Å²) < 4.78 is 13.8. The SMILES string of the molecule is Nc1nc2cc(-c3nc4cc(N5CCCC5)cc5c4n3CCCO5)ccc2o1.O=CO. The number of carbonyl (C=O) groups is 1. The molecule has 1 saturated heterocycles. The van der Waals surface area contributed by atoms with Crippen molar-refractivity contribution in [1.82, 2.24) is 14.5 Å². The van der Waals surface area contributed by atoms with E-state index in [4.69, 9.17) is 29.8 Å². The topological polar surface area (TPSA) is 120 Å². The number of anilines is 2. The number of nitrogens with zero attached hydrogens (tertiary/aromatic N) is 4. The fourth-order valence-electron chi connectivity index (χ4n) is 4.41. The summed E-state index contributed by atoms with van der Waals surface area (Å²) in [6.07, 6.45) is 3.44. The zero-order chi connectivity index (χ0) is 21.4. The average molecular weight is 421 g/mol. The van der Waals surface area contributed by atoms with Gasteiger partial charge in [0.1, 0.15) is 22.6 Å². The molecule has 0 amide bonds. The number of fused-ring (bicyclic) bond motifs is 1. The molecule has 2 aromatic carbocycles. The molecule has 2 aliphatic heterocycles. The number of carboxylic acid groups (broad SMARTS) is 1. The zero-order valence-electron chi connectivity index (χ0n) is 17.0. The molecule has 9 nitrogen and oxygen atoms in total. The molecule has 3 N–H and O–H groups in total. The molecule has 0 spiro atoms. The van der Waals surface area contributed by atoms with Gasteiger partial charge in [-0.15, -0.1) is 0 Å². The molecule has 2 aliphatic rings. The first-order valence-corrected chi connectivity index (χ1v) is 10.3. The van der Waals surface area contributed by atoms with Crippen molar-refractivity contribution in [3.8, 4) is 17.1 Å². The van der Waals surface area contributed by atoms with Gasteiger partial charge < -0.3 is 29.5 Å². The van der Waals surface area contributed by atoms with E-state index < -0.39 is 0 Å². The molecule has 4 aromatic rings. The molecule has 0 bridgehead atoms. The maximum Gasteiger partial charge on any atom is 0.292 e. The van der Waals surface area contributed by atoms with Crippen molar-refractivity contribution in [3.05, 3.63) is 30.3 Å². The van der Waals surface area contributed by atoms with Crippen molar-refractivity contribution in [2.75, 3.05) is 30.3 Å². The number of aryl methyl sites for hydroxylation is 1. The Morgan fingerprint density at radius 1 is 1.03 bits per heavy atom. The Labute approximate surface area is 178 Å². The summed E-state index contributed by atoms with van der Waals surface area (Å²) in [7, 11) is 0. The van der Waals surface area contributed by atoms with Crippen molar-refractivity contribution in [3.63, 3.8) is 0 Å². The third kappa shape index (κ3) is 3.41. The van der Waals surface area contributed by atoms with Gasteiger partial charge in [-0.2, -0.15) is 4.98 Å². The van der Waals surface area contributed by atoms with Gasteiger partial charge in [0.2, 0.25) is 0 Å². The standard InChI is InChI=1S/C21H21N5O2.CH2O2/c22-21-24-15-10-13(4-5-17(15)28-21)20-23-16-11-14(25-6-1-2-7-25)12-18-19(16)26(20)8-3-9-27-18;2-1-3/h4-5,10-12H,1-3,6-9H2,(H2,22,24);1H,(H,2,3). The summed E-state index contributed by atoms with van der Waals surface area (Å²) in [5.41, 5.74) is 11.4. The predicted octanol–water partition coefficient (Wildman–Crippen LogP) is 3.51. The Kier molecular flexibility index (Phi) is 4.85. The molecule has 1 fully saturated rings. The molecule has 0 radical (unpaired) electrons. The van der Waals surface area contributed by atoms with Crippen LogP contribution in [0.1, 0.15) is 19.3 Å². The van der Waals surface area contributed by atoms with Crippen LogP contribution < -0.4 is 15.4 Å². The van der Waals surface area contributed by atoms with E-state index in [9.17, 15) is 0 Å². The smallest absolute Gasteiger partial charge is 0.292 e. The zero-order valence-corrected chi connectivity index (χ0v) is 17.0. The average Bonchev–Trinajstić information content (AvgIpc) is 3.45. The Morgan fingerprint density at radius 3 is 2.65 bits per heavy atom. The second-order valence-corrected chi connectivity index (χ2v) is 7.63. The third-order valence-electron chi connectivity index (χ3n) is 5.71. The van der Waals surface area contributed by atoms with Crippen LogP contribution in [0.2, 0.25) is 0 Å². The van der Waals surface area contributed by atoms with Crippen LogP contribution in [-0.2, 0) is 11.3 Å². The first-order chi connectivity index (χ1) is 15.2. The van der Waals surface area contributed by atoms with E-state index in [0.29, 0.717) is 5.58 Å². The van der Waals surface area contributed by atoms with E-state index >= 15 is 0 Å². The van der Waals surface area contributed by atoms with Crippen LogP contribution in [0.15, 0.2) is 34.7 Å². The van der Waals surface area contributed by atoms with Gasteiger partial charge in [0, 0.05) is 37.0 Å². The first kappa shape index (κ1) is 19.2. The van der Waals surface area contributed by atoms with E-state index in [1.54, 1.807) is 0 Å². The molecular weight excluding hydrogens is 398 g/mol. The number of rotatable bonds is 2. The number of benzene rings is 2. The number of ether oxygens (including phenoxy) is 1. The van der Waals surface area contributed by atoms with E-state index in [2.05, 4.69) is 26.6 Å². The summed E-state index contributed by atoms with van der Waals surface area (Å²) >= 11 is 0. The van der Waals surface area contributed by atoms with Gasteiger partial charge in [-0.1, -0.05) is 0 Å².